The maximum Gasteiger partial charge on any atom is 0.319 e. The molecule has 2 atom stereocenters. The van der Waals surface area contributed by atoms with Crippen molar-refractivity contribution in [3.63, 3.8) is 0 Å². The Balaban J connectivity index is 1.75. The van der Waals surface area contributed by atoms with E-state index in [1.807, 2.05) is 31.2 Å². The van der Waals surface area contributed by atoms with E-state index in [4.69, 9.17) is 0 Å². The third kappa shape index (κ3) is 3.74. The van der Waals surface area contributed by atoms with Gasteiger partial charge in [0.05, 0.1) is 6.10 Å². The van der Waals surface area contributed by atoms with Crippen LogP contribution >= 0.6 is 0 Å². The third-order valence-corrected chi connectivity index (χ3v) is 3.34. The van der Waals surface area contributed by atoms with E-state index in [9.17, 15) is 9.90 Å². The van der Waals surface area contributed by atoms with Crippen LogP contribution in [0.2, 0.25) is 0 Å². The molecule has 1 saturated carbocycles. The fraction of sp³-hybridized carbons (Fsp3) is 0.500. The minimum Gasteiger partial charge on any atom is -0.393 e. The standard InChI is InChI=1S/C14H20N2O2/c1-10-3-2-4-12(7-10)16-14(18)15-9-11-5-6-13(17)8-11/h2-4,7,11,13,17H,5-6,8-9H2,1H3,(H2,15,16,18). The molecule has 18 heavy (non-hydrogen) atoms. The number of hydrogen-bond acceptors (Lipinski definition) is 2. The van der Waals surface area contributed by atoms with Gasteiger partial charge in [-0.05, 0) is 49.8 Å². The average Bonchev–Trinajstić information content (AvgIpc) is 2.73. The summed E-state index contributed by atoms with van der Waals surface area (Å²) in [4.78, 5) is 11.7. The molecule has 1 aromatic carbocycles. The van der Waals surface area contributed by atoms with E-state index < -0.39 is 0 Å². The Morgan fingerprint density at radius 2 is 2.28 bits per heavy atom. The van der Waals surface area contributed by atoms with Crippen molar-refractivity contribution in [1.29, 1.82) is 0 Å². The van der Waals surface area contributed by atoms with Crippen molar-refractivity contribution in [3.8, 4) is 0 Å². The summed E-state index contributed by atoms with van der Waals surface area (Å²) < 4.78 is 0. The summed E-state index contributed by atoms with van der Waals surface area (Å²) in [5.41, 5.74) is 1.92. The number of hydrogen-bond donors (Lipinski definition) is 3. The zero-order valence-electron chi connectivity index (χ0n) is 10.6. The molecule has 1 aromatic rings. The maximum absolute atomic E-state index is 11.7. The summed E-state index contributed by atoms with van der Waals surface area (Å²) in [6.07, 6.45) is 2.46. The highest BCUT2D eigenvalue weighted by atomic mass is 16.3. The molecule has 0 saturated heterocycles. The monoisotopic (exact) mass is 248 g/mol. The average molecular weight is 248 g/mol. The number of carbonyl (C=O) groups is 1. The summed E-state index contributed by atoms with van der Waals surface area (Å²) in [7, 11) is 0. The number of amides is 2. The van der Waals surface area contributed by atoms with Crippen LogP contribution in [0.25, 0.3) is 0 Å². The topological polar surface area (TPSA) is 61.4 Å². The van der Waals surface area contributed by atoms with Crippen LogP contribution in [0.1, 0.15) is 24.8 Å². The summed E-state index contributed by atoms with van der Waals surface area (Å²) in [6.45, 7) is 2.62. The van der Waals surface area contributed by atoms with Crippen molar-refractivity contribution in [2.45, 2.75) is 32.3 Å². The van der Waals surface area contributed by atoms with Crippen LogP contribution < -0.4 is 10.6 Å². The minimum atomic E-state index is -0.184. The SMILES string of the molecule is Cc1cccc(NC(=O)NCC2CCC(O)C2)c1. The quantitative estimate of drug-likeness (QED) is 0.768. The van der Waals surface area contributed by atoms with Gasteiger partial charge in [-0.25, -0.2) is 4.79 Å². The highest BCUT2D eigenvalue weighted by Crippen LogP contribution is 2.24. The van der Waals surface area contributed by atoms with Gasteiger partial charge >= 0.3 is 6.03 Å². The molecule has 0 spiro atoms. The van der Waals surface area contributed by atoms with Crippen LogP contribution in [0.4, 0.5) is 10.5 Å². The van der Waals surface area contributed by atoms with Crippen molar-refractivity contribution >= 4 is 11.7 Å². The van der Waals surface area contributed by atoms with Gasteiger partial charge in [-0.1, -0.05) is 12.1 Å². The molecule has 98 valence electrons. The molecule has 0 aliphatic heterocycles. The first kappa shape index (κ1) is 12.9. The summed E-state index contributed by atoms with van der Waals surface area (Å²) >= 11 is 0. The fourth-order valence-electron chi connectivity index (χ4n) is 2.37. The summed E-state index contributed by atoms with van der Waals surface area (Å²) in [5.74, 6) is 0.406. The van der Waals surface area contributed by atoms with E-state index in [2.05, 4.69) is 10.6 Å². The van der Waals surface area contributed by atoms with Crippen LogP contribution in [-0.4, -0.2) is 23.8 Å². The first-order chi connectivity index (χ1) is 8.63. The second-order valence-electron chi connectivity index (χ2n) is 5.04. The van der Waals surface area contributed by atoms with Crippen molar-refractivity contribution in [2.75, 3.05) is 11.9 Å². The molecule has 2 amide bonds. The van der Waals surface area contributed by atoms with Gasteiger partial charge in [0.2, 0.25) is 0 Å². The number of urea groups is 1. The van der Waals surface area contributed by atoms with Crippen molar-refractivity contribution in [2.24, 2.45) is 5.92 Å². The Hall–Kier alpha value is -1.55. The summed E-state index contributed by atoms with van der Waals surface area (Å²) in [5, 5.41) is 15.1. The van der Waals surface area contributed by atoms with Gasteiger partial charge in [0.15, 0.2) is 0 Å². The fourth-order valence-corrected chi connectivity index (χ4v) is 2.37. The molecule has 3 N–H and O–H groups in total. The van der Waals surface area contributed by atoms with Gasteiger partial charge in [-0.2, -0.15) is 0 Å². The summed E-state index contributed by atoms with van der Waals surface area (Å²) in [6, 6.07) is 7.52. The minimum absolute atomic E-state index is 0.179. The molecule has 0 aromatic heterocycles. The van der Waals surface area contributed by atoms with Crippen LogP contribution in [0.3, 0.4) is 0 Å². The van der Waals surface area contributed by atoms with E-state index >= 15 is 0 Å². The predicted molar refractivity (Wildman–Crippen MR) is 71.5 cm³/mol. The number of rotatable bonds is 3. The number of aryl methyl sites for hydroxylation is 1. The molecule has 1 aliphatic rings. The molecule has 1 fully saturated rings. The van der Waals surface area contributed by atoms with Crippen molar-refractivity contribution < 1.29 is 9.90 Å². The van der Waals surface area contributed by atoms with Gasteiger partial charge in [-0.15, -0.1) is 0 Å². The lowest BCUT2D eigenvalue weighted by Crippen LogP contribution is -2.32. The Morgan fingerprint density at radius 3 is 2.94 bits per heavy atom. The molecule has 4 heteroatoms. The van der Waals surface area contributed by atoms with Gasteiger partial charge in [0.1, 0.15) is 0 Å². The van der Waals surface area contributed by atoms with Gasteiger partial charge in [0.25, 0.3) is 0 Å². The van der Waals surface area contributed by atoms with Crippen molar-refractivity contribution in [3.05, 3.63) is 29.8 Å². The molecule has 1 aliphatic carbocycles. The van der Waals surface area contributed by atoms with Gasteiger partial charge in [-0.3, -0.25) is 0 Å². The number of aliphatic hydroxyl groups excluding tert-OH is 1. The van der Waals surface area contributed by atoms with E-state index in [-0.39, 0.29) is 12.1 Å². The van der Waals surface area contributed by atoms with E-state index in [1.54, 1.807) is 0 Å². The highest BCUT2D eigenvalue weighted by molar-refractivity contribution is 5.89. The molecule has 0 radical (unpaired) electrons. The Morgan fingerprint density at radius 1 is 1.44 bits per heavy atom. The molecule has 4 nitrogen and oxygen atoms in total. The lowest BCUT2D eigenvalue weighted by molar-refractivity contribution is 0.177. The molecule has 0 bridgehead atoms. The predicted octanol–water partition coefficient (Wildman–Crippen LogP) is 2.28. The van der Waals surface area contributed by atoms with Crippen LogP contribution in [0.15, 0.2) is 24.3 Å². The third-order valence-electron chi connectivity index (χ3n) is 3.34. The lowest BCUT2D eigenvalue weighted by atomic mass is 10.1. The van der Waals surface area contributed by atoms with Crippen molar-refractivity contribution in [1.82, 2.24) is 5.32 Å². The van der Waals surface area contributed by atoms with Crippen LogP contribution in [0.5, 0.6) is 0 Å². The lowest BCUT2D eigenvalue weighted by Gasteiger charge is -2.12. The number of nitrogens with one attached hydrogen (secondary N) is 2. The van der Waals surface area contributed by atoms with E-state index in [1.165, 1.54) is 0 Å². The second-order valence-corrected chi connectivity index (χ2v) is 5.04. The highest BCUT2D eigenvalue weighted by Gasteiger charge is 2.22. The van der Waals surface area contributed by atoms with Crippen LogP contribution in [-0.2, 0) is 0 Å². The van der Waals surface area contributed by atoms with E-state index in [0.29, 0.717) is 12.5 Å². The zero-order chi connectivity index (χ0) is 13.0. The second kappa shape index (κ2) is 5.87. The zero-order valence-corrected chi connectivity index (χ0v) is 10.6. The Kier molecular flexibility index (Phi) is 4.20. The largest absolute Gasteiger partial charge is 0.393 e. The Bertz CT molecular complexity index is 420. The normalized spacial score (nSPS) is 22.8. The van der Waals surface area contributed by atoms with E-state index in [0.717, 1.165) is 30.5 Å². The molecule has 2 rings (SSSR count). The molecule has 0 heterocycles. The smallest absolute Gasteiger partial charge is 0.319 e. The first-order valence-corrected chi connectivity index (χ1v) is 6.43. The number of carbonyl (C=O) groups excluding carboxylic acids is 1. The maximum atomic E-state index is 11.7. The number of anilines is 1. The van der Waals surface area contributed by atoms with Gasteiger partial charge < -0.3 is 15.7 Å². The molecular formula is C14H20N2O2. The Labute approximate surface area is 107 Å². The first-order valence-electron chi connectivity index (χ1n) is 6.43. The number of aliphatic hydroxyl groups is 1. The van der Waals surface area contributed by atoms with Crippen LogP contribution in [0, 0.1) is 12.8 Å². The molecular weight excluding hydrogens is 228 g/mol. The molecule has 2 unspecified atom stereocenters. The van der Waals surface area contributed by atoms with Gasteiger partial charge in [0, 0.05) is 12.2 Å². The number of benzene rings is 1.